The van der Waals surface area contributed by atoms with Crippen LogP contribution in [0.5, 0.6) is 0 Å². The highest BCUT2D eigenvalue weighted by Crippen LogP contribution is 2.47. The van der Waals surface area contributed by atoms with Crippen molar-refractivity contribution in [2.24, 2.45) is 17.8 Å². The van der Waals surface area contributed by atoms with E-state index in [4.69, 9.17) is 0 Å². The standard InChI is InChI=1S/C22H40N2O2/c1-4-5-6-8-19(25)9-10-20-21-14-17(13-18(21)15-22(20)26)16-23-11-7-12-24(2)3/h9-10,13,18-23,25-26H,4-8,11-12,14-16H2,1-3H3/t18-,19-,20+,21-,22+/m0/s1. The summed E-state index contributed by atoms with van der Waals surface area (Å²) in [6.45, 7) is 5.34. The maximum absolute atomic E-state index is 10.4. The lowest BCUT2D eigenvalue weighted by Gasteiger charge is -2.19. The van der Waals surface area contributed by atoms with E-state index in [1.165, 1.54) is 24.8 Å². The lowest BCUT2D eigenvalue weighted by molar-refractivity contribution is 0.139. The highest BCUT2D eigenvalue weighted by atomic mass is 16.3. The Morgan fingerprint density at radius 3 is 2.85 bits per heavy atom. The van der Waals surface area contributed by atoms with Crippen LogP contribution in [-0.2, 0) is 0 Å². The fourth-order valence-corrected chi connectivity index (χ4v) is 4.46. The van der Waals surface area contributed by atoms with Crippen molar-refractivity contribution in [1.29, 1.82) is 0 Å². The van der Waals surface area contributed by atoms with Gasteiger partial charge in [-0.25, -0.2) is 0 Å². The Kier molecular flexibility index (Phi) is 9.34. The minimum atomic E-state index is -0.361. The molecule has 0 amide bonds. The van der Waals surface area contributed by atoms with Crippen LogP contribution in [0.4, 0.5) is 0 Å². The molecule has 4 nitrogen and oxygen atoms in total. The summed E-state index contributed by atoms with van der Waals surface area (Å²) in [5.41, 5.74) is 1.50. The van der Waals surface area contributed by atoms with E-state index in [-0.39, 0.29) is 18.1 Å². The highest BCUT2D eigenvalue weighted by molar-refractivity contribution is 5.21. The quantitative estimate of drug-likeness (QED) is 0.368. The van der Waals surface area contributed by atoms with Crippen LogP contribution in [0.15, 0.2) is 23.8 Å². The molecule has 0 heterocycles. The van der Waals surface area contributed by atoms with Crippen LogP contribution in [0.2, 0.25) is 0 Å². The minimum Gasteiger partial charge on any atom is -0.392 e. The Labute approximate surface area is 160 Å². The van der Waals surface area contributed by atoms with Crippen molar-refractivity contribution in [2.45, 2.75) is 64.1 Å². The van der Waals surface area contributed by atoms with E-state index in [0.717, 1.165) is 45.3 Å². The van der Waals surface area contributed by atoms with Crippen molar-refractivity contribution < 1.29 is 10.2 Å². The van der Waals surface area contributed by atoms with Crippen molar-refractivity contribution in [2.75, 3.05) is 33.7 Å². The molecule has 0 radical (unpaired) electrons. The van der Waals surface area contributed by atoms with Crippen molar-refractivity contribution in [3.8, 4) is 0 Å². The summed E-state index contributed by atoms with van der Waals surface area (Å²) in [6.07, 6.45) is 13.2. The SMILES string of the molecule is CCCCC[C@H](O)C=C[C@@H]1[C@H]2CC(CNCCCN(C)C)=C[C@H]2C[C@H]1O. The predicted molar refractivity (Wildman–Crippen MR) is 109 cm³/mol. The number of allylic oxidation sites excluding steroid dienone is 1. The molecule has 1 saturated carbocycles. The third-order valence-corrected chi connectivity index (χ3v) is 5.92. The summed E-state index contributed by atoms with van der Waals surface area (Å²) < 4.78 is 0. The van der Waals surface area contributed by atoms with Gasteiger partial charge in [0.1, 0.15) is 0 Å². The lowest BCUT2D eigenvalue weighted by Crippen LogP contribution is -2.23. The van der Waals surface area contributed by atoms with Gasteiger partial charge in [-0.15, -0.1) is 0 Å². The van der Waals surface area contributed by atoms with Crippen LogP contribution < -0.4 is 5.32 Å². The Bertz CT molecular complexity index is 461. The number of hydrogen-bond acceptors (Lipinski definition) is 4. The van der Waals surface area contributed by atoms with Gasteiger partial charge in [0.2, 0.25) is 0 Å². The first-order valence-corrected chi connectivity index (χ1v) is 10.6. The highest BCUT2D eigenvalue weighted by Gasteiger charge is 2.43. The van der Waals surface area contributed by atoms with Gasteiger partial charge in [-0.1, -0.05) is 50.0 Å². The molecule has 0 unspecified atom stereocenters. The Morgan fingerprint density at radius 2 is 2.12 bits per heavy atom. The molecule has 26 heavy (non-hydrogen) atoms. The molecule has 0 aliphatic heterocycles. The van der Waals surface area contributed by atoms with E-state index in [1.807, 2.05) is 6.08 Å². The number of unbranched alkanes of at least 4 members (excludes halogenated alkanes) is 2. The third kappa shape index (κ3) is 6.80. The number of hydrogen-bond donors (Lipinski definition) is 3. The average molecular weight is 365 g/mol. The molecule has 4 heteroatoms. The molecule has 0 saturated heterocycles. The van der Waals surface area contributed by atoms with E-state index in [0.29, 0.717) is 11.8 Å². The van der Waals surface area contributed by atoms with Crippen molar-refractivity contribution >= 4 is 0 Å². The fraction of sp³-hybridized carbons (Fsp3) is 0.818. The van der Waals surface area contributed by atoms with Gasteiger partial charge in [-0.2, -0.15) is 0 Å². The van der Waals surface area contributed by atoms with Crippen LogP contribution in [-0.4, -0.2) is 61.1 Å². The second-order valence-electron chi connectivity index (χ2n) is 8.52. The molecular formula is C22H40N2O2. The number of rotatable bonds is 12. The van der Waals surface area contributed by atoms with E-state index < -0.39 is 0 Å². The maximum Gasteiger partial charge on any atom is 0.0721 e. The molecule has 150 valence electrons. The third-order valence-electron chi connectivity index (χ3n) is 5.92. The van der Waals surface area contributed by atoms with Gasteiger partial charge in [-0.05, 0) is 64.7 Å². The van der Waals surface area contributed by atoms with Crippen LogP contribution >= 0.6 is 0 Å². The summed E-state index contributed by atoms with van der Waals surface area (Å²) in [4.78, 5) is 2.22. The van der Waals surface area contributed by atoms with Gasteiger partial charge in [0.15, 0.2) is 0 Å². The smallest absolute Gasteiger partial charge is 0.0721 e. The van der Waals surface area contributed by atoms with Gasteiger partial charge in [0, 0.05) is 12.5 Å². The van der Waals surface area contributed by atoms with Gasteiger partial charge < -0.3 is 20.4 Å². The summed E-state index contributed by atoms with van der Waals surface area (Å²) >= 11 is 0. The molecule has 2 rings (SSSR count). The summed E-state index contributed by atoms with van der Waals surface area (Å²) in [7, 11) is 4.22. The van der Waals surface area contributed by atoms with E-state index in [1.54, 1.807) is 0 Å². The largest absolute Gasteiger partial charge is 0.392 e. The molecule has 2 aliphatic carbocycles. The zero-order chi connectivity index (χ0) is 18.9. The molecule has 0 aromatic carbocycles. The number of nitrogens with zero attached hydrogens (tertiary/aromatic N) is 1. The fourth-order valence-electron chi connectivity index (χ4n) is 4.46. The molecular weight excluding hydrogens is 324 g/mol. The maximum atomic E-state index is 10.4. The lowest BCUT2D eigenvalue weighted by atomic mass is 9.89. The van der Waals surface area contributed by atoms with Crippen LogP contribution in [0.3, 0.4) is 0 Å². The summed E-state index contributed by atoms with van der Waals surface area (Å²) in [5.74, 6) is 1.22. The Hall–Kier alpha value is -0.680. The minimum absolute atomic E-state index is 0.198. The van der Waals surface area contributed by atoms with Crippen molar-refractivity contribution in [1.82, 2.24) is 10.2 Å². The Morgan fingerprint density at radius 1 is 1.31 bits per heavy atom. The first-order valence-electron chi connectivity index (χ1n) is 10.6. The first-order chi connectivity index (χ1) is 12.5. The summed E-state index contributed by atoms with van der Waals surface area (Å²) in [5, 5.41) is 24.1. The molecule has 0 bridgehead atoms. The van der Waals surface area contributed by atoms with E-state index in [9.17, 15) is 10.2 Å². The normalized spacial score (nSPS) is 29.5. The van der Waals surface area contributed by atoms with Gasteiger partial charge in [0.05, 0.1) is 12.2 Å². The van der Waals surface area contributed by atoms with Gasteiger partial charge in [-0.3, -0.25) is 0 Å². The van der Waals surface area contributed by atoms with Gasteiger partial charge in [0.25, 0.3) is 0 Å². The molecule has 1 fully saturated rings. The van der Waals surface area contributed by atoms with E-state index in [2.05, 4.69) is 43.4 Å². The van der Waals surface area contributed by atoms with Crippen LogP contribution in [0.25, 0.3) is 0 Å². The monoisotopic (exact) mass is 364 g/mol. The zero-order valence-corrected chi connectivity index (χ0v) is 17.0. The molecule has 0 aromatic rings. The second kappa shape index (κ2) is 11.2. The van der Waals surface area contributed by atoms with Crippen LogP contribution in [0.1, 0.15) is 51.9 Å². The first kappa shape index (κ1) is 21.6. The molecule has 0 spiro atoms. The van der Waals surface area contributed by atoms with Gasteiger partial charge >= 0.3 is 0 Å². The van der Waals surface area contributed by atoms with E-state index >= 15 is 0 Å². The Balaban J connectivity index is 1.74. The summed E-state index contributed by atoms with van der Waals surface area (Å²) in [6, 6.07) is 0. The number of nitrogens with one attached hydrogen (secondary N) is 1. The predicted octanol–water partition coefficient (Wildman–Crippen LogP) is 2.97. The molecule has 3 N–H and O–H groups in total. The van der Waals surface area contributed by atoms with Crippen molar-refractivity contribution in [3.05, 3.63) is 23.8 Å². The average Bonchev–Trinajstić information content (AvgIpc) is 3.09. The molecule has 5 atom stereocenters. The topological polar surface area (TPSA) is 55.7 Å². The molecule has 2 aliphatic rings. The van der Waals surface area contributed by atoms with Crippen LogP contribution in [0, 0.1) is 17.8 Å². The zero-order valence-electron chi connectivity index (χ0n) is 17.0. The molecule has 0 aromatic heterocycles. The van der Waals surface area contributed by atoms with Crippen molar-refractivity contribution in [3.63, 3.8) is 0 Å². The number of aliphatic hydroxyl groups excluding tert-OH is 2. The second-order valence-corrected chi connectivity index (χ2v) is 8.52. The number of aliphatic hydroxyl groups is 2. The number of fused-ring (bicyclic) bond motifs is 1.